The van der Waals surface area contributed by atoms with Crippen molar-refractivity contribution in [3.63, 3.8) is 0 Å². The number of hydrogen-bond donors (Lipinski definition) is 3. The van der Waals surface area contributed by atoms with E-state index in [9.17, 15) is 14.4 Å². The molecule has 1 fully saturated rings. The van der Waals surface area contributed by atoms with Gasteiger partial charge in [-0.1, -0.05) is 0 Å². The van der Waals surface area contributed by atoms with Gasteiger partial charge in [-0.25, -0.2) is 4.79 Å². The van der Waals surface area contributed by atoms with Gasteiger partial charge in [0, 0.05) is 0 Å². The molecule has 11 heavy (non-hydrogen) atoms. The number of nitrogens with one attached hydrogen (secondary N) is 2. The van der Waals surface area contributed by atoms with Crippen LogP contribution in [0.4, 0.5) is 4.79 Å². The van der Waals surface area contributed by atoms with Crippen molar-refractivity contribution < 1.29 is 19.5 Å². The van der Waals surface area contributed by atoms with Crippen LogP contribution in [-0.4, -0.2) is 29.1 Å². The number of imide groups is 1. The Bertz CT molecular complexity index is 225. The van der Waals surface area contributed by atoms with E-state index >= 15 is 0 Å². The minimum atomic E-state index is -1.31. The molecule has 0 aromatic heterocycles. The van der Waals surface area contributed by atoms with E-state index in [0.29, 0.717) is 0 Å². The smallest absolute Gasteiger partial charge is 0.405 e. The average Bonchev–Trinajstić information content (AvgIpc) is 2.09. The molecular formula is C5H6N2O4. The summed E-state index contributed by atoms with van der Waals surface area (Å²) < 4.78 is 0. The van der Waals surface area contributed by atoms with Crippen molar-refractivity contribution in [1.29, 1.82) is 0 Å². The first-order valence-electron chi connectivity index (χ1n) is 2.93. The summed E-state index contributed by atoms with van der Waals surface area (Å²) in [7, 11) is 0. The van der Waals surface area contributed by atoms with Crippen LogP contribution in [0.3, 0.4) is 0 Å². The van der Waals surface area contributed by atoms with E-state index in [1.54, 1.807) is 0 Å². The Labute approximate surface area is 61.6 Å². The molecule has 1 atom stereocenters. The number of carbonyl (C=O) groups is 3. The van der Waals surface area contributed by atoms with E-state index in [4.69, 9.17) is 5.11 Å². The third kappa shape index (κ3) is 1.66. The molecule has 60 valence electrons. The fourth-order valence-corrected chi connectivity index (χ4v) is 0.819. The largest absolute Gasteiger partial charge is 0.465 e. The van der Waals surface area contributed by atoms with Crippen LogP contribution in [0.5, 0.6) is 0 Å². The molecule has 3 amide bonds. The molecule has 6 heteroatoms. The van der Waals surface area contributed by atoms with E-state index in [1.807, 2.05) is 10.6 Å². The summed E-state index contributed by atoms with van der Waals surface area (Å²) >= 11 is 0. The van der Waals surface area contributed by atoms with Crippen LogP contribution in [0, 0.1) is 0 Å². The van der Waals surface area contributed by atoms with Gasteiger partial charge in [-0.15, -0.1) is 0 Å². The first-order valence-corrected chi connectivity index (χ1v) is 2.93. The van der Waals surface area contributed by atoms with Gasteiger partial charge in [-0.05, 0) is 0 Å². The Morgan fingerprint density at radius 3 is 2.64 bits per heavy atom. The van der Waals surface area contributed by atoms with E-state index < -0.39 is 23.9 Å². The van der Waals surface area contributed by atoms with E-state index in [-0.39, 0.29) is 6.42 Å². The maximum Gasteiger partial charge on any atom is 0.405 e. The van der Waals surface area contributed by atoms with Crippen LogP contribution in [0.1, 0.15) is 6.42 Å². The Kier molecular flexibility index (Phi) is 1.75. The standard InChI is InChI=1S/C5H6N2O4/c8-3-1-2(4(9)7-3)6-5(10)11/h2,6H,1H2,(H,10,11)(H,7,8,9)/t2-/m0/s1. The molecule has 1 heterocycles. The van der Waals surface area contributed by atoms with Gasteiger partial charge in [-0.3, -0.25) is 14.9 Å². The van der Waals surface area contributed by atoms with Crippen LogP contribution < -0.4 is 10.6 Å². The summed E-state index contributed by atoms with van der Waals surface area (Å²) in [6, 6.07) is -0.917. The molecule has 3 N–H and O–H groups in total. The predicted octanol–water partition coefficient (Wildman–Crippen LogP) is -1.33. The minimum Gasteiger partial charge on any atom is -0.465 e. The molecule has 0 aromatic carbocycles. The van der Waals surface area contributed by atoms with Crippen molar-refractivity contribution in [2.45, 2.75) is 12.5 Å². The third-order valence-electron chi connectivity index (χ3n) is 1.27. The zero-order chi connectivity index (χ0) is 8.43. The highest BCUT2D eigenvalue weighted by molar-refractivity contribution is 6.06. The molecule has 0 radical (unpaired) electrons. The molecule has 0 aromatic rings. The molecular weight excluding hydrogens is 152 g/mol. The maximum atomic E-state index is 10.7. The monoisotopic (exact) mass is 158 g/mol. The lowest BCUT2D eigenvalue weighted by atomic mass is 10.2. The summed E-state index contributed by atoms with van der Waals surface area (Å²) in [4.78, 5) is 31.1. The van der Waals surface area contributed by atoms with Gasteiger partial charge in [0.15, 0.2) is 0 Å². The van der Waals surface area contributed by atoms with Crippen molar-refractivity contribution in [2.75, 3.05) is 0 Å². The summed E-state index contributed by atoms with van der Waals surface area (Å²) in [5, 5.41) is 12.0. The predicted molar refractivity (Wildman–Crippen MR) is 32.7 cm³/mol. The van der Waals surface area contributed by atoms with Crippen LogP contribution in [0.2, 0.25) is 0 Å². The maximum absolute atomic E-state index is 10.7. The van der Waals surface area contributed by atoms with E-state index in [0.717, 1.165) is 0 Å². The second-order valence-electron chi connectivity index (χ2n) is 2.12. The second-order valence-corrected chi connectivity index (χ2v) is 2.12. The van der Waals surface area contributed by atoms with Gasteiger partial charge in [0.2, 0.25) is 11.8 Å². The topological polar surface area (TPSA) is 95.5 Å². The number of carboxylic acid groups (broad SMARTS) is 1. The molecule has 0 bridgehead atoms. The lowest BCUT2D eigenvalue weighted by Gasteiger charge is -2.02. The minimum absolute atomic E-state index is 0.106. The highest BCUT2D eigenvalue weighted by Gasteiger charge is 2.31. The van der Waals surface area contributed by atoms with Gasteiger partial charge in [0.1, 0.15) is 6.04 Å². The van der Waals surface area contributed by atoms with Gasteiger partial charge in [-0.2, -0.15) is 0 Å². The zero-order valence-corrected chi connectivity index (χ0v) is 5.46. The Morgan fingerprint density at radius 2 is 2.27 bits per heavy atom. The normalized spacial score (nSPS) is 23.1. The summed E-state index contributed by atoms with van der Waals surface area (Å²) in [6.45, 7) is 0. The molecule has 1 saturated heterocycles. The second kappa shape index (κ2) is 2.57. The average molecular weight is 158 g/mol. The van der Waals surface area contributed by atoms with Crippen LogP contribution in [0.15, 0.2) is 0 Å². The van der Waals surface area contributed by atoms with Gasteiger partial charge >= 0.3 is 6.09 Å². The number of hydrogen-bond acceptors (Lipinski definition) is 3. The van der Waals surface area contributed by atoms with Gasteiger partial charge in [0.05, 0.1) is 6.42 Å². The highest BCUT2D eigenvalue weighted by Crippen LogP contribution is 2.00. The van der Waals surface area contributed by atoms with Crippen LogP contribution in [0.25, 0.3) is 0 Å². The summed E-state index contributed by atoms with van der Waals surface area (Å²) in [5.74, 6) is -1.04. The number of rotatable bonds is 1. The molecule has 1 aliphatic rings. The number of amides is 3. The lowest BCUT2D eigenvalue weighted by Crippen LogP contribution is -2.39. The quantitative estimate of drug-likeness (QED) is 0.412. The summed E-state index contributed by atoms with van der Waals surface area (Å²) in [5.41, 5.74) is 0. The molecule has 0 spiro atoms. The third-order valence-corrected chi connectivity index (χ3v) is 1.27. The Morgan fingerprint density at radius 1 is 1.64 bits per heavy atom. The first-order chi connectivity index (χ1) is 5.09. The van der Waals surface area contributed by atoms with Crippen molar-refractivity contribution in [3.8, 4) is 0 Å². The molecule has 1 rings (SSSR count). The molecule has 6 nitrogen and oxygen atoms in total. The lowest BCUT2D eigenvalue weighted by molar-refractivity contribution is -0.125. The first kappa shape index (κ1) is 7.52. The van der Waals surface area contributed by atoms with Crippen LogP contribution in [-0.2, 0) is 9.59 Å². The van der Waals surface area contributed by atoms with E-state index in [1.165, 1.54) is 0 Å². The molecule has 0 saturated carbocycles. The SMILES string of the molecule is O=C(O)N[C@H]1CC(=O)NC1=O. The Hall–Kier alpha value is -1.59. The van der Waals surface area contributed by atoms with Crippen molar-refractivity contribution in [3.05, 3.63) is 0 Å². The van der Waals surface area contributed by atoms with Crippen molar-refractivity contribution >= 4 is 17.9 Å². The fourth-order valence-electron chi connectivity index (χ4n) is 0.819. The Balaban J connectivity index is 2.53. The molecule has 0 unspecified atom stereocenters. The van der Waals surface area contributed by atoms with Crippen molar-refractivity contribution in [1.82, 2.24) is 10.6 Å². The van der Waals surface area contributed by atoms with Gasteiger partial charge < -0.3 is 10.4 Å². The fraction of sp³-hybridized carbons (Fsp3) is 0.400. The van der Waals surface area contributed by atoms with Gasteiger partial charge in [0.25, 0.3) is 0 Å². The number of carbonyl (C=O) groups excluding carboxylic acids is 2. The zero-order valence-electron chi connectivity index (χ0n) is 5.46. The molecule has 1 aliphatic heterocycles. The molecule has 0 aliphatic carbocycles. The van der Waals surface area contributed by atoms with E-state index in [2.05, 4.69) is 0 Å². The summed E-state index contributed by atoms with van der Waals surface area (Å²) in [6.07, 6.45) is -1.41. The van der Waals surface area contributed by atoms with Crippen molar-refractivity contribution in [2.24, 2.45) is 0 Å². The van der Waals surface area contributed by atoms with Crippen LogP contribution >= 0.6 is 0 Å². The highest BCUT2D eigenvalue weighted by atomic mass is 16.4.